The summed E-state index contributed by atoms with van der Waals surface area (Å²) >= 11 is 17.4. The van der Waals surface area contributed by atoms with Gasteiger partial charge in [-0.25, -0.2) is 0 Å². The number of rotatable bonds is 11. The van der Waals surface area contributed by atoms with E-state index >= 15 is 0 Å². The van der Waals surface area contributed by atoms with Crippen molar-refractivity contribution in [2.24, 2.45) is 0 Å². The lowest BCUT2D eigenvalue weighted by atomic mass is 9.94. The second kappa shape index (κ2) is 15.1. The minimum absolute atomic E-state index is 0.0762. The number of thioether (sulfide) groups is 1. The molecule has 3 aromatic rings. The highest BCUT2D eigenvalue weighted by molar-refractivity contribution is 9.10. The summed E-state index contributed by atoms with van der Waals surface area (Å²) in [4.78, 5) is 29.4. The highest BCUT2D eigenvalue weighted by atomic mass is 79.9. The van der Waals surface area contributed by atoms with Gasteiger partial charge >= 0.3 is 0 Å². The zero-order valence-corrected chi connectivity index (χ0v) is 25.7. The van der Waals surface area contributed by atoms with Gasteiger partial charge in [0.15, 0.2) is 0 Å². The summed E-state index contributed by atoms with van der Waals surface area (Å²) in [6.07, 6.45) is 5.89. The number of carbonyl (C=O) groups is 2. The molecule has 1 N–H and O–H groups in total. The fourth-order valence-corrected chi connectivity index (χ4v) is 6.59. The van der Waals surface area contributed by atoms with Gasteiger partial charge in [0.25, 0.3) is 0 Å². The van der Waals surface area contributed by atoms with E-state index in [1.54, 1.807) is 17.0 Å². The summed E-state index contributed by atoms with van der Waals surface area (Å²) in [7, 11) is 0. The van der Waals surface area contributed by atoms with E-state index < -0.39 is 6.04 Å². The van der Waals surface area contributed by atoms with Gasteiger partial charge in [-0.15, -0.1) is 11.8 Å². The van der Waals surface area contributed by atoms with E-state index in [0.717, 1.165) is 46.8 Å². The molecule has 0 aromatic heterocycles. The Kier molecular flexibility index (Phi) is 11.6. The van der Waals surface area contributed by atoms with Crippen molar-refractivity contribution in [1.29, 1.82) is 0 Å². The first-order valence-electron chi connectivity index (χ1n) is 13.3. The van der Waals surface area contributed by atoms with E-state index in [1.807, 2.05) is 60.7 Å². The van der Waals surface area contributed by atoms with E-state index in [9.17, 15) is 9.59 Å². The Bertz CT molecular complexity index is 1240. The average Bonchev–Trinajstić information content (AvgIpc) is 2.94. The maximum atomic E-state index is 13.8. The monoisotopic (exact) mass is 646 g/mol. The highest BCUT2D eigenvalue weighted by Crippen LogP contribution is 2.26. The average molecular weight is 648 g/mol. The molecule has 8 heteroatoms. The Morgan fingerprint density at radius 2 is 1.67 bits per heavy atom. The second-order valence-electron chi connectivity index (χ2n) is 9.93. The van der Waals surface area contributed by atoms with Crippen LogP contribution in [0.4, 0.5) is 0 Å². The van der Waals surface area contributed by atoms with Crippen LogP contribution >= 0.6 is 50.9 Å². The van der Waals surface area contributed by atoms with E-state index in [4.69, 9.17) is 23.2 Å². The van der Waals surface area contributed by atoms with Crippen LogP contribution in [0, 0.1) is 0 Å². The third-order valence-electron chi connectivity index (χ3n) is 6.99. The quantitative estimate of drug-likeness (QED) is 0.229. The number of halogens is 3. The molecule has 2 amide bonds. The molecule has 39 heavy (non-hydrogen) atoms. The third kappa shape index (κ3) is 9.28. The predicted molar refractivity (Wildman–Crippen MR) is 166 cm³/mol. The molecule has 1 unspecified atom stereocenters. The van der Waals surface area contributed by atoms with Gasteiger partial charge in [-0.2, -0.15) is 0 Å². The Morgan fingerprint density at radius 3 is 2.36 bits per heavy atom. The molecule has 0 heterocycles. The molecule has 0 aliphatic heterocycles. The van der Waals surface area contributed by atoms with Crippen molar-refractivity contribution in [2.75, 3.05) is 5.75 Å². The Balaban J connectivity index is 1.56. The van der Waals surface area contributed by atoms with Crippen LogP contribution in [0.5, 0.6) is 0 Å². The standard InChI is InChI=1S/C31H33BrCl2N2O2S/c32-25-14-11-23(12-15-25)19-36(30(37)21-39-20-24-13-16-26(33)18-28(24)34)29(17-22-7-3-1-4-8-22)31(38)35-27-9-5-2-6-10-27/h1,3-4,7-8,11-16,18,27,29H,2,5-6,9-10,17,19-21H2,(H,35,38). The Morgan fingerprint density at radius 1 is 0.949 bits per heavy atom. The van der Waals surface area contributed by atoms with E-state index in [1.165, 1.54) is 18.2 Å². The lowest BCUT2D eigenvalue weighted by Gasteiger charge is -2.33. The summed E-state index contributed by atoms with van der Waals surface area (Å²) in [6.45, 7) is 0.351. The van der Waals surface area contributed by atoms with E-state index in [0.29, 0.717) is 28.8 Å². The second-order valence-corrected chi connectivity index (χ2v) is 12.7. The van der Waals surface area contributed by atoms with Crippen molar-refractivity contribution >= 4 is 62.7 Å². The van der Waals surface area contributed by atoms with Gasteiger partial charge in [-0.05, 0) is 53.8 Å². The van der Waals surface area contributed by atoms with Crippen LogP contribution in [0.3, 0.4) is 0 Å². The van der Waals surface area contributed by atoms with Crippen LogP contribution in [0.2, 0.25) is 10.0 Å². The van der Waals surface area contributed by atoms with Crippen molar-refractivity contribution in [2.45, 2.75) is 62.9 Å². The van der Waals surface area contributed by atoms with E-state index in [-0.39, 0.29) is 23.6 Å². The molecule has 0 saturated heterocycles. The molecular formula is C31H33BrCl2N2O2S. The maximum Gasteiger partial charge on any atom is 0.243 e. The van der Waals surface area contributed by atoms with E-state index in [2.05, 4.69) is 21.2 Å². The SMILES string of the molecule is O=C(NC1CCCCC1)C(Cc1ccccc1)N(Cc1ccc(Br)cc1)C(=O)CSCc1ccc(Cl)cc1Cl. The van der Waals surface area contributed by atoms with Gasteiger partial charge in [-0.3, -0.25) is 9.59 Å². The number of nitrogens with one attached hydrogen (secondary N) is 1. The van der Waals surface area contributed by atoms with Crippen molar-refractivity contribution < 1.29 is 9.59 Å². The van der Waals surface area contributed by atoms with Gasteiger partial charge in [0.1, 0.15) is 6.04 Å². The van der Waals surface area contributed by atoms with Crippen LogP contribution in [-0.4, -0.2) is 34.6 Å². The third-order valence-corrected chi connectivity index (χ3v) is 9.07. The first kappa shape index (κ1) is 30.0. The largest absolute Gasteiger partial charge is 0.352 e. The fourth-order valence-electron chi connectivity index (χ4n) is 4.85. The van der Waals surface area contributed by atoms with Crippen molar-refractivity contribution in [3.63, 3.8) is 0 Å². The van der Waals surface area contributed by atoms with Gasteiger partial charge in [0, 0.05) is 39.3 Å². The van der Waals surface area contributed by atoms with Crippen LogP contribution in [0.25, 0.3) is 0 Å². The molecule has 1 saturated carbocycles. The molecule has 0 bridgehead atoms. The number of benzene rings is 3. The number of amides is 2. The van der Waals surface area contributed by atoms with Crippen molar-refractivity contribution in [1.82, 2.24) is 10.2 Å². The molecule has 206 valence electrons. The summed E-state index contributed by atoms with van der Waals surface area (Å²) in [5, 5.41) is 4.45. The molecule has 4 rings (SSSR count). The summed E-state index contributed by atoms with van der Waals surface area (Å²) < 4.78 is 0.968. The van der Waals surface area contributed by atoms with Crippen LogP contribution in [0.1, 0.15) is 48.8 Å². The molecule has 1 fully saturated rings. The molecule has 1 atom stereocenters. The molecule has 0 spiro atoms. The molecule has 1 aliphatic carbocycles. The molecule has 4 nitrogen and oxygen atoms in total. The first-order chi connectivity index (χ1) is 18.9. The lowest BCUT2D eigenvalue weighted by molar-refractivity contribution is -0.139. The highest BCUT2D eigenvalue weighted by Gasteiger charge is 2.31. The lowest BCUT2D eigenvalue weighted by Crippen LogP contribution is -2.53. The molecule has 0 radical (unpaired) electrons. The number of nitrogens with zero attached hydrogens (tertiary/aromatic N) is 1. The molecule has 3 aromatic carbocycles. The topological polar surface area (TPSA) is 49.4 Å². The van der Waals surface area contributed by atoms with Gasteiger partial charge in [-0.1, -0.05) is 107 Å². The Hall–Kier alpha value is -1.99. The van der Waals surface area contributed by atoms with Gasteiger partial charge in [0.05, 0.1) is 5.75 Å². The van der Waals surface area contributed by atoms with Crippen LogP contribution in [0.15, 0.2) is 77.3 Å². The number of hydrogen-bond donors (Lipinski definition) is 1. The van der Waals surface area contributed by atoms with Gasteiger partial charge < -0.3 is 10.2 Å². The predicted octanol–water partition coefficient (Wildman–Crippen LogP) is 8.08. The minimum Gasteiger partial charge on any atom is -0.352 e. The van der Waals surface area contributed by atoms with Crippen LogP contribution < -0.4 is 5.32 Å². The zero-order chi connectivity index (χ0) is 27.6. The first-order valence-corrected chi connectivity index (χ1v) is 16.0. The normalized spacial score (nSPS) is 14.5. The zero-order valence-electron chi connectivity index (χ0n) is 21.8. The number of hydrogen-bond acceptors (Lipinski definition) is 3. The fraction of sp³-hybridized carbons (Fsp3) is 0.355. The summed E-state index contributed by atoms with van der Waals surface area (Å²) in [5.74, 6) is 0.651. The minimum atomic E-state index is -0.620. The Labute approximate surface area is 254 Å². The molecular weight excluding hydrogens is 615 g/mol. The summed E-state index contributed by atoms with van der Waals surface area (Å²) in [5.41, 5.74) is 2.92. The van der Waals surface area contributed by atoms with Gasteiger partial charge in [0.2, 0.25) is 11.8 Å². The maximum absolute atomic E-state index is 13.8. The number of carbonyl (C=O) groups excluding carboxylic acids is 2. The molecule has 1 aliphatic rings. The van der Waals surface area contributed by atoms with Crippen molar-refractivity contribution in [3.8, 4) is 0 Å². The summed E-state index contributed by atoms with van der Waals surface area (Å²) in [6, 6.07) is 22.8. The van der Waals surface area contributed by atoms with Crippen molar-refractivity contribution in [3.05, 3.63) is 104 Å². The smallest absolute Gasteiger partial charge is 0.243 e. The van der Waals surface area contributed by atoms with Crippen LogP contribution in [-0.2, 0) is 28.3 Å².